The minimum absolute atomic E-state index is 0.0942. The summed E-state index contributed by atoms with van der Waals surface area (Å²) in [5, 5.41) is 0. The zero-order valence-electron chi connectivity index (χ0n) is 8.92. The largest absolute Gasteiger partial charge is 0.294 e. The lowest BCUT2D eigenvalue weighted by Gasteiger charge is -2.24. The molecule has 0 N–H and O–H groups in total. The van der Waals surface area contributed by atoms with E-state index in [9.17, 15) is 9.18 Å². The Bertz CT molecular complexity index is 380. The topological polar surface area (TPSA) is 17.1 Å². The van der Waals surface area contributed by atoms with Crippen molar-refractivity contribution in [3.8, 4) is 0 Å². The number of hydrogen-bond acceptors (Lipinski definition) is 1. The smallest absolute Gasteiger partial charge is 0.163 e. The summed E-state index contributed by atoms with van der Waals surface area (Å²) in [5.41, 5.74) is 1.43. The molecule has 0 unspecified atom stereocenters. The first-order chi connectivity index (χ1) is 7.16. The van der Waals surface area contributed by atoms with Gasteiger partial charge in [0.15, 0.2) is 5.78 Å². The van der Waals surface area contributed by atoms with E-state index in [1.54, 1.807) is 6.07 Å². The van der Waals surface area contributed by atoms with Crippen LogP contribution in [0.5, 0.6) is 0 Å². The van der Waals surface area contributed by atoms with Crippen molar-refractivity contribution in [2.24, 2.45) is 5.92 Å². The molecule has 0 heterocycles. The van der Waals surface area contributed by atoms with E-state index in [0.717, 1.165) is 18.4 Å². The van der Waals surface area contributed by atoms with Gasteiger partial charge in [0.05, 0.1) is 0 Å². The second kappa shape index (κ2) is 4.13. The quantitative estimate of drug-likeness (QED) is 0.692. The monoisotopic (exact) mass is 206 g/mol. The number of Topliss-reactive ketones (excluding diaryl/α,β-unsaturated/α-hetero) is 1. The number of halogens is 1. The molecule has 2 rings (SSSR count). The molecule has 80 valence electrons. The maximum Gasteiger partial charge on any atom is 0.163 e. The normalized spacial score (nSPS) is 16.1. The van der Waals surface area contributed by atoms with Gasteiger partial charge in [-0.2, -0.15) is 0 Å². The minimum Gasteiger partial charge on any atom is -0.294 e. The third kappa shape index (κ3) is 2.25. The molecule has 15 heavy (non-hydrogen) atoms. The fourth-order valence-corrected chi connectivity index (χ4v) is 1.96. The maximum atomic E-state index is 13.0. The fourth-order valence-electron chi connectivity index (χ4n) is 1.96. The van der Waals surface area contributed by atoms with Crippen molar-refractivity contribution in [2.75, 3.05) is 0 Å². The predicted octanol–water partition coefficient (Wildman–Crippen LogP) is 3.51. The van der Waals surface area contributed by atoms with Crippen LogP contribution < -0.4 is 0 Å². The Morgan fingerprint density at radius 3 is 2.80 bits per heavy atom. The first-order valence-electron chi connectivity index (χ1n) is 5.46. The van der Waals surface area contributed by atoms with E-state index in [-0.39, 0.29) is 11.6 Å². The minimum atomic E-state index is -0.322. The number of hydrogen-bond donors (Lipinski definition) is 0. The SMILES string of the molecule is Cc1ccc(F)cc1C(=O)CC1CCC1. The lowest BCUT2D eigenvalue weighted by molar-refractivity contribution is 0.0935. The van der Waals surface area contributed by atoms with Crippen molar-refractivity contribution >= 4 is 5.78 Å². The van der Waals surface area contributed by atoms with Crippen LogP contribution in [-0.4, -0.2) is 5.78 Å². The van der Waals surface area contributed by atoms with Crippen molar-refractivity contribution < 1.29 is 9.18 Å². The molecule has 0 spiro atoms. The number of rotatable bonds is 3. The molecule has 0 radical (unpaired) electrons. The van der Waals surface area contributed by atoms with Gasteiger partial charge in [-0.3, -0.25) is 4.79 Å². The fraction of sp³-hybridized carbons (Fsp3) is 0.462. The van der Waals surface area contributed by atoms with Gasteiger partial charge in [0.25, 0.3) is 0 Å². The van der Waals surface area contributed by atoms with Crippen molar-refractivity contribution in [1.29, 1.82) is 0 Å². The zero-order valence-corrected chi connectivity index (χ0v) is 8.92. The Morgan fingerprint density at radius 2 is 2.20 bits per heavy atom. The van der Waals surface area contributed by atoms with E-state index in [4.69, 9.17) is 0 Å². The lowest BCUT2D eigenvalue weighted by Crippen LogP contribution is -2.16. The lowest BCUT2D eigenvalue weighted by atomic mass is 9.80. The van der Waals surface area contributed by atoms with Gasteiger partial charge in [0.2, 0.25) is 0 Å². The summed E-state index contributed by atoms with van der Waals surface area (Å²) in [7, 11) is 0. The van der Waals surface area contributed by atoms with Gasteiger partial charge in [0.1, 0.15) is 5.82 Å². The van der Waals surface area contributed by atoms with Crippen LogP contribution in [0.25, 0.3) is 0 Å². The van der Waals surface area contributed by atoms with Gasteiger partial charge >= 0.3 is 0 Å². The van der Waals surface area contributed by atoms with Gasteiger partial charge in [-0.25, -0.2) is 4.39 Å². The second-order valence-electron chi connectivity index (χ2n) is 4.38. The van der Waals surface area contributed by atoms with Crippen molar-refractivity contribution in [3.63, 3.8) is 0 Å². The van der Waals surface area contributed by atoms with Gasteiger partial charge in [-0.05, 0) is 30.5 Å². The Labute approximate surface area is 89.3 Å². The van der Waals surface area contributed by atoms with E-state index >= 15 is 0 Å². The van der Waals surface area contributed by atoms with Gasteiger partial charge in [-0.1, -0.05) is 25.3 Å². The summed E-state index contributed by atoms with van der Waals surface area (Å²) < 4.78 is 13.0. The zero-order chi connectivity index (χ0) is 10.8. The summed E-state index contributed by atoms with van der Waals surface area (Å²) in [6, 6.07) is 4.43. The third-order valence-corrected chi connectivity index (χ3v) is 3.20. The van der Waals surface area contributed by atoms with Crippen LogP contribution in [0.3, 0.4) is 0 Å². The van der Waals surface area contributed by atoms with E-state index in [1.807, 2.05) is 6.92 Å². The van der Waals surface area contributed by atoms with Crippen LogP contribution >= 0.6 is 0 Å². The molecule has 0 aromatic heterocycles. The molecule has 1 nitrogen and oxygen atoms in total. The van der Waals surface area contributed by atoms with Crippen LogP contribution in [0, 0.1) is 18.7 Å². The first kappa shape index (κ1) is 10.3. The van der Waals surface area contributed by atoms with Gasteiger partial charge in [0, 0.05) is 12.0 Å². The summed E-state index contributed by atoms with van der Waals surface area (Å²) in [4.78, 5) is 11.9. The van der Waals surface area contributed by atoms with Gasteiger partial charge < -0.3 is 0 Å². The van der Waals surface area contributed by atoms with Crippen LogP contribution in [0.2, 0.25) is 0 Å². The van der Waals surface area contributed by atoms with E-state index in [0.29, 0.717) is 17.9 Å². The highest BCUT2D eigenvalue weighted by Crippen LogP contribution is 2.30. The molecular weight excluding hydrogens is 191 g/mol. The summed E-state index contributed by atoms with van der Waals surface area (Å²) in [6.45, 7) is 1.85. The highest BCUT2D eigenvalue weighted by atomic mass is 19.1. The summed E-state index contributed by atoms with van der Waals surface area (Å²) in [6.07, 6.45) is 4.13. The molecular formula is C13H15FO. The van der Waals surface area contributed by atoms with Crippen LogP contribution in [-0.2, 0) is 0 Å². The number of carbonyl (C=O) groups is 1. The number of benzene rings is 1. The molecule has 1 saturated carbocycles. The second-order valence-corrected chi connectivity index (χ2v) is 4.38. The molecule has 1 aromatic rings. The molecule has 1 aliphatic rings. The molecule has 1 aliphatic carbocycles. The Kier molecular flexibility index (Phi) is 2.85. The molecule has 1 aromatic carbocycles. The molecule has 0 atom stereocenters. The average molecular weight is 206 g/mol. The predicted molar refractivity (Wildman–Crippen MR) is 57.4 cm³/mol. The van der Waals surface area contributed by atoms with E-state index in [1.165, 1.54) is 18.6 Å². The third-order valence-electron chi connectivity index (χ3n) is 3.20. The Balaban J connectivity index is 2.12. The average Bonchev–Trinajstić information content (AvgIpc) is 2.15. The van der Waals surface area contributed by atoms with Crippen molar-refractivity contribution in [3.05, 3.63) is 35.1 Å². The number of aryl methyl sites for hydroxylation is 1. The summed E-state index contributed by atoms with van der Waals surface area (Å²) >= 11 is 0. The van der Waals surface area contributed by atoms with Crippen LogP contribution in [0.15, 0.2) is 18.2 Å². The standard InChI is InChI=1S/C13H15FO/c1-9-5-6-11(14)8-12(9)13(15)7-10-3-2-4-10/h5-6,8,10H,2-4,7H2,1H3. The molecule has 1 fully saturated rings. The Hall–Kier alpha value is -1.18. The van der Waals surface area contributed by atoms with E-state index < -0.39 is 0 Å². The number of ketones is 1. The first-order valence-corrected chi connectivity index (χ1v) is 5.46. The molecule has 0 saturated heterocycles. The molecule has 0 amide bonds. The maximum absolute atomic E-state index is 13.0. The highest BCUT2D eigenvalue weighted by molar-refractivity contribution is 5.97. The molecule has 0 bridgehead atoms. The number of carbonyl (C=O) groups excluding carboxylic acids is 1. The van der Waals surface area contributed by atoms with Crippen molar-refractivity contribution in [2.45, 2.75) is 32.6 Å². The summed E-state index contributed by atoms with van der Waals surface area (Å²) in [5.74, 6) is 0.314. The van der Waals surface area contributed by atoms with Gasteiger partial charge in [-0.15, -0.1) is 0 Å². The highest BCUT2D eigenvalue weighted by Gasteiger charge is 2.22. The van der Waals surface area contributed by atoms with Crippen LogP contribution in [0.4, 0.5) is 4.39 Å². The van der Waals surface area contributed by atoms with Crippen molar-refractivity contribution in [1.82, 2.24) is 0 Å². The molecule has 2 heteroatoms. The molecule has 0 aliphatic heterocycles. The van der Waals surface area contributed by atoms with E-state index in [2.05, 4.69) is 0 Å². The Morgan fingerprint density at radius 1 is 1.47 bits per heavy atom. The van der Waals surface area contributed by atoms with Crippen LogP contribution in [0.1, 0.15) is 41.6 Å².